The van der Waals surface area contributed by atoms with Crippen LogP contribution in [0.4, 0.5) is 13.2 Å². The minimum Gasteiger partial charge on any atom is -0.314 e. The van der Waals surface area contributed by atoms with Crippen molar-refractivity contribution < 1.29 is 13.2 Å². The Hall–Kier alpha value is -0.750. The maximum Gasteiger partial charge on any atom is 0.416 e. The maximum atomic E-state index is 13.2. The van der Waals surface area contributed by atoms with Gasteiger partial charge in [-0.05, 0) is 12.1 Å². The number of hydrogen-bond donors (Lipinski definition) is 1. The van der Waals surface area contributed by atoms with Crippen LogP contribution in [0.1, 0.15) is 17.2 Å². The molecule has 7 heteroatoms. The first-order chi connectivity index (χ1) is 9.45. The first kappa shape index (κ1) is 18.3. The largest absolute Gasteiger partial charge is 0.416 e. The van der Waals surface area contributed by atoms with Gasteiger partial charge in [-0.3, -0.25) is 4.90 Å². The topological polar surface area (TPSA) is 15.3 Å². The van der Waals surface area contributed by atoms with Crippen molar-refractivity contribution in [3.8, 4) is 0 Å². The average molecular weight is 341 g/mol. The highest BCUT2D eigenvalue weighted by molar-refractivity contribution is 6.31. The van der Waals surface area contributed by atoms with Crippen LogP contribution in [0.15, 0.2) is 30.9 Å². The third-order valence-corrected chi connectivity index (χ3v) is 3.75. The van der Waals surface area contributed by atoms with Crippen molar-refractivity contribution in [1.82, 2.24) is 10.2 Å². The Morgan fingerprint density at radius 2 is 1.90 bits per heavy atom. The minimum atomic E-state index is -4.42. The Morgan fingerprint density at radius 1 is 1.29 bits per heavy atom. The highest BCUT2D eigenvalue weighted by Crippen LogP contribution is 2.40. The zero-order chi connectivity index (χ0) is 14.8. The molecule has 0 radical (unpaired) electrons. The van der Waals surface area contributed by atoms with Gasteiger partial charge in [-0.1, -0.05) is 23.7 Å². The first-order valence-corrected chi connectivity index (χ1v) is 6.76. The number of halogens is 5. The number of hydrogen-bond acceptors (Lipinski definition) is 2. The van der Waals surface area contributed by atoms with Gasteiger partial charge in [-0.25, -0.2) is 0 Å². The van der Waals surface area contributed by atoms with Crippen LogP contribution < -0.4 is 5.32 Å². The first-order valence-electron chi connectivity index (χ1n) is 6.38. The molecule has 118 valence electrons. The number of alkyl halides is 3. The van der Waals surface area contributed by atoms with Gasteiger partial charge in [0.05, 0.1) is 11.6 Å². The summed E-state index contributed by atoms with van der Waals surface area (Å²) in [7, 11) is 0. The Morgan fingerprint density at radius 3 is 2.43 bits per heavy atom. The molecule has 0 aromatic heterocycles. The molecule has 1 heterocycles. The molecule has 2 rings (SSSR count). The van der Waals surface area contributed by atoms with E-state index in [4.69, 9.17) is 11.6 Å². The third-order valence-electron chi connectivity index (χ3n) is 3.42. The van der Waals surface area contributed by atoms with Gasteiger partial charge in [-0.2, -0.15) is 13.2 Å². The van der Waals surface area contributed by atoms with Crippen LogP contribution in [0.2, 0.25) is 5.02 Å². The van der Waals surface area contributed by atoms with E-state index < -0.39 is 17.8 Å². The zero-order valence-electron chi connectivity index (χ0n) is 11.3. The Labute approximate surface area is 133 Å². The molecular formula is C14H17Cl2F3N2. The number of nitrogens with one attached hydrogen (secondary N) is 1. The van der Waals surface area contributed by atoms with Crippen LogP contribution in [0.5, 0.6) is 0 Å². The van der Waals surface area contributed by atoms with E-state index in [2.05, 4.69) is 11.9 Å². The molecule has 1 aromatic carbocycles. The van der Waals surface area contributed by atoms with E-state index in [1.807, 2.05) is 4.90 Å². The van der Waals surface area contributed by atoms with Gasteiger partial charge in [0.1, 0.15) is 0 Å². The summed E-state index contributed by atoms with van der Waals surface area (Å²) < 4.78 is 39.5. The van der Waals surface area contributed by atoms with Crippen molar-refractivity contribution >= 4 is 24.0 Å². The predicted molar refractivity (Wildman–Crippen MR) is 81.1 cm³/mol. The molecule has 1 aliphatic heterocycles. The van der Waals surface area contributed by atoms with Crippen molar-refractivity contribution in [2.45, 2.75) is 12.2 Å². The average Bonchev–Trinajstić information content (AvgIpc) is 2.41. The molecule has 1 aliphatic rings. The van der Waals surface area contributed by atoms with Crippen molar-refractivity contribution in [2.75, 3.05) is 26.2 Å². The molecular weight excluding hydrogens is 324 g/mol. The molecule has 1 saturated heterocycles. The Bertz CT molecular complexity index is 486. The van der Waals surface area contributed by atoms with Crippen molar-refractivity contribution in [3.05, 3.63) is 47.0 Å². The fraction of sp³-hybridized carbons (Fsp3) is 0.429. The molecule has 2 nitrogen and oxygen atoms in total. The number of benzene rings is 1. The summed E-state index contributed by atoms with van der Waals surface area (Å²) in [6, 6.07) is 3.36. The van der Waals surface area contributed by atoms with Gasteiger partial charge in [0.2, 0.25) is 0 Å². The molecule has 0 spiro atoms. The number of rotatable bonds is 3. The SMILES string of the molecule is C=C[C@@H](c1c(Cl)cccc1C(F)(F)F)N1CCNCC1.Cl. The van der Waals surface area contributed by atoms with Crippen molar-refractivity contribution in [3.63, 3.8) is 0 Å². The molecule has 1 fully saturated rings. The fourth-order valence-corrected chi connectivity index (χ4v) is 2.78. The molecule has 0 saturated carbocycles. The number of piperazine rings is 1. The highest BCUT2D eigenvalue weighted by atomic mass is 35.5. The smallest absolute Gasteiger partial charge is 0.314 e. The van der Waals surface area contributed by atoms with E-state index in [1.165, 1.54) is 18.2 Å². The van der Waals surface area contributed by atoms with Crippen molar-refractivity contribution in [2.24, 2.45) is 0 Å². The maximum absolute atomic E-state index is 13.2. The normalized spacial score (nSPS) is 17.9. The molecule has 0 amide bonds. The van der Waals surface area contributed by atoms with Crippen LogP contribution >= 0.6 is 24.0 Å². The van der Waals surface area contributed by atoms with Crippen LogP contribution in [0.25, 0.3) is 0 Å². The molecule has 0 aliphatic carbocycles. The van der Waals surface area contributed by atoms with E-state index in [9.17, 15) is 13.2 Å². The van der Waals surface area contributed by atoms with Gasteiger partial charge in [0.25, 0.3) is 0 Å². The summed E-state index contributed by atoms with van der Waals surface area (Å²) in [5, 5.41) is 3.30. The molecule has 1 N–H and O–H groups in total. The van der Waals surface area contributed by atoms with Crippen molar-refractivity contribution in [1.29, 1.82) is 0 Å². The van der Waals surface area contributed by atoms with E-state index >= 15 is 0 Å². The molecule has 0 unspecified atom stereocenters. The lowest BCUT2D eigenvalue weighted by Crippen LogP contribution is -2.45. The quantitative estimate of drug-likeness (QED) is 0.839. The second-order valence-electron chi connectivity index (χ2n) is 4.67. The summed E-state index contributed by atoms with van der Waals surface area (Å²) in [4.78, 5) is 1.96. The van der Waals surface area contributed by atoms with E-state index in [-0.39, 0.29) is 23.0 Å². The van der Waals surface area contributed by atoms with Gasteiger partial charge >= 0.3 is 6.18 Å². The Balaban J connectivity index is 0.00000220. The van der Waals surface area contributed by atoms with Crippen LogP contribution in [0, 0.1) is 0 Å². The number of nitrogens with zero attached hydrogens (tertiary/aromatic N) is 1. The van der Waals surface area contributed by atoms with Crippen LogP contribution in [-0.2, 0) is 6.18 Å². The summed E-state index contributed by atoms with van der Waals surface area (Å²) in [6.07, 6.45) is -2.89. The van der Waals surface area contributed by atoms with Gasteiger partial charge < -0.3 is 5.32 Å². The molecule has 1 aromatic rings. The highest BCUT2D eigenvalue weighted by Gasteiger charge is 2.37. The fourth-order valence-electron chi connectivity index (χ4n) is 2.49. The molecule has 0 bridgehead atoms. The monoisotopic (exact) mass is 340 g/mol. The second kappa shape index (κ2) is 7.49. The van der Waals surface area contributed by atoms with Gasteiger partial charge in [-0.15, -0.1) is 19.0 Å². The summed E-state index contributed by atoms with van der Waals surface area (Å²) in [6.45, 7) is 6.51. The van der Waals surface area contributed by atoms with Crippen LogP contribution in [0.3, 0.4) is 0 Å². The molecule has 1 atom stereocenters. The van der Waals surface area contributed by atoms with E-state index in [0.717, 1.165) is 19.2 Å². The summed E-state index contributed by atoms with van der Waals surface area (Å²) in [5.41, 5.74) is -0.591. The summed E-state index contributed by atoms with van der Waals surface area (Å²) >= 11 is 6.04. The molecule has 21 heavy (non-hydrogen) atoms. The van der Waals surface area contributed by atoms with Crippen LogP contribution in [-0.4, -0.2) is 31.1 Å². The lowest BCUT2D eigenvalue weighted by molar-refractivity contribution is -0.138. The predicted octanol–water partition coefficient (Wildman–Crippen LogP) is 3.91. The minimum absolute atomic E-state index is 0. The lowest BCUT2D eigenvalue weighted by Gasteiger charge is -2.35. The lowest BCUT2D eigenvalue weighted by atomic mass is 9.98. The van der Waals surface area contributed by atoms with E-state index in [0.29, 0.717) is 13.1 Å². The van der Waals surface area contributed by atoms with E-state index in [1.54, 1.807) is 0 Å². The second-order valence-corrected chi connectivity index (χ2v) is 5.07. The Kier molecular flexibility index (Phi) is 6.53. The van der Waals surface area contributed by atoms with Gasteiger partial charge in [0.15, 0.2) is 0 Å². The standard InChI is InChI=1S/C14H16ClF3N2.ClH/c1-2-12(20-8-6-19-7-9-20)13-10(14(16,17)18)4-3-5-11(13)15;/h2-5,12,19H,1,6-9H2;1H/t12-;/m0./s1. The van der Waals surface area contributed by atoms with Gasteiger partial charge in [0, 0.05) is 36.8 Å². The third kappa shape index (κ3) is 4.13. The summed E-state index contributed by atoms with van der Waals surface area (Å²) in [5.74, 6) is 0. The zero-order valence-corrected chi connectivity index (χ0v) is 12.9.